The molecule has 1 atom stereocenters. The van der Waals surface area contributed by atoms with Gasteiger partial charge in [0.05, 0.1) is 5.57 Å². The van der Waals surface area contributed by atoms with Crippen molar-refractivity contribution in [1.29, 1.82) is 0 Å². The molecule has 0 saturated heterocycles. The fraction of sp³-hybridized carbons (Fsp3) is 0.500. The van der Waals surface area contributed by atoms with Crippen LogP contribution in [-0.2, 0) is 6.54 Å². The first-order valence-electron chi connectivity index (χ1n) is 6.52. The summed E-state index contributed by atoms with van der Waals surface area (Å²) in [6, 6.07) is 1.70. The number of aliphatic imine (C=N–C) groups is 1. The van der Waals surface area contributed by atoms with Crippen LogP contribution >= 0.6 is 0 Å². The van der Waals surface area contributed by atoms with Gasteiger partial charge in [0.2, 0.25) is 5.96 Å². The number of anilines is 1. The number of guanidine groups is 1. The molecule has 21 heavy (non-hydrogen) atoms. The zero-order valence-corrected chi connectivity index (χ0v) is 11.7. The van der Waals surface area contributed by atoms with E-state index in [4.69, 9.17) is 5.73 Å². The van der Waals surface area contributed by atoms with E-state index in [0.717, 1.165) is 6.20 Å². The highest BCUT2D eigenvalue weighted by Gasteiger charge is 2.47. The average molecular weight is 302 g/mol. The first-order valence-corrected chi connectivity index (χ1v) is 6.52. The Balaban J connectivity index is 2.21. The summed E-state index contributed by atoms with van der Waals surface area (Å²) in [6.45, 7) is 4.17. The Labute approximate surface area is 119 Å². The molecule has 1 aliphatic rings. The summed E-state index contributed by atoms with van der Waals surface area (Å²) >= 11 is 0. The zero-order valence-electron chi connectivity index (χ0n) is 11.7. The van der Waals surface area contributed by atoms with E-state index in [9.17, 15) is 13.2 Å². The second-order valence-electron chi connectivity index (χ2n) is 4.62. The van der Waals surface area contributed by atoms with Crippen molar-refractivity contribution >= 4 is 11.8 Å². The van der Waals surface area contributed by atoms with Crippen LogP contribution in [0, 0.1) is 0 Å². The Morgan fingerprint density at radius 2 is 2.14 bits per heavy atom. The molecule has 0 radical (unpaired) electrons. The highest BCUT2D eigenvalue weighted by Crippen LogP contribution is 2.36. The van der Waals surface area contributed by atoms with Crippen LogP contribution in [0.15, 0.2) is 29.0 Å². The van der Waals surface area contributed by atoms with E-state index in [0.29, 0.717) is 12.4 Å². The van der Waals surface area contributed by atoms with Crippen LogP contribution in [0.3, 0.4) is 0 Å². The van der Waals surface area contributed by atoms with Gasteiger partial charge in [-0.1, -0.05) is 6.92 Å². The van der Waals surface area contributed by atoms with Crippen LogP contribution in [-0.4, -0.2) is 27.6 Å². The van der Waals surface area contributed by atoms with Crippen LogP contribution in [0.5, 0.6) is 0 Å². The number of aromatic nitrogens is 2. The minimum absolute atomic E-state index is 0.0224. The molecule has 1 aromatic rings. The number of hydrogen-bond acceptors (Lipinski definition) is 5. The summed E-state index contributed by atoms with van der Waals surface area (Å²) in [7, 11) is 0. The molecule has 0 aromatic carbocycles. The maximum Gasteiger partial charge on any atom is 0.417 e. The molecule has 1 aromatic heterocycles. The monoisotopic (exact) mass is 302 g/mol. The van der Waals surface area contributed by atoms with Gasteiger partial charge in [-0.3, -0.25) is 4.68 Å². The quantitative estimate of drug-likeness (QED) is 0.795. The smallest absolute Gasteiger partial charge is 0.332 e. The van der Waals surface area contributed by atoms with Gasteiger partial charge in [0.25, 0.3) is 0 Å². The molecule has 4 N–H and O–H groups in total. The highest BCUT2D eigenvalue weighted by molar-refractivity contribution is 5.94. The van der Waals surface area contributed by atoms with Gasteiger partial charge >= 0.3 is 6.18 Å². The van der Waals surface area contributed by atoms with E-state index in [1.165, 1.54) is 0 Å². The van der Waals surface area contributed by atoms with Crippen molar-refractivity contribution in [3.05, 3.63) is 24.0 Å². The molecule has 0 spiro atoms. The second kappa shape index (κ2) is 5.40. The third kappa shape index (κ3) is 3.18. The van der Waals surface area contributed by atoms with Gasteiger partial charge in [0, 0.05) is 25.0 Å². The van der Waals surface area contributed by atoms with E-state index in [2.05, 4.69) is 20.7 Å². The van der Waals surface area contributed by atoms with Crippen molar-refractivity contribution in [2.45, 2.75) is 38.7 Å². The molecule has 2 rings (SSSR count). The van der Waals surface area contributed by atoms with Crippen molar-refractivity contribution in [3.8, 4) is 0 Å². The summed E-state index contributed by atoms with van der Waals surface area (Å²) in [5.74, 6) is 0.610. The van der Waals surface area contributed by atoms with E-state index >= 15 is 0 Å². The number of nitrogens with zero attached hydrogens (tertiary/aromatic N) is 3. The predicted octanol–water partition coefficient (Wildman–Crippen LogP) is 1.79. The third-order valence-electron chi connectivity index (χ3n) is 3.19. The maximum atomic E-state index is 12.9. The van der Waals surface area contributed by atoms with Crippen molar-refractivity contribution in [3.63, 3.8) is 0 Å². The van der Waals surface area contributed by atoms with Gasteiger partial charge < -0.3 is 16.4 Å². The lowest BCUT2D eigenvalue weighted by Gasteiger charge is -2.32. The standard InChI is InChI=1S/C12H17F3N6/c1-3-11(16)8(12(13,14)15)7-17-10(19-11)18-9-5-6-21(4-2)20-9/h5-7H,3-4,16H2,1-2H3,(H2,17,18,19,20). The lowest BCUT2D eigenvalue weighted by molar-refractivity contribution is -0.101. The molecular weight excluding hydrogens is 285 g/mol. The number of hydrogen-bond donors (Lipinski definition) is 3. The molecular formula is C12H17F3N6. The minimum atomic E-state index is -4.53. The van der Waals surface area contributed by atoms with Crippen LogP contribution in [0.25, 0.3) is 0 Å². The molecule has 0 aliphatic carbocycles. The minimum Gasteiger partial charge on any atom is -0.332 e. The third-order valence-corrected chi connectivity index (χ3v) is 3.19. The lowest BCUT2D eigenvalue weighted by Crippen LogP contribution is -2.51. The summed E-state index contributed by atoms with van der Waals surface area (Å²) in [6.07, 6.45) is -1.92. The van der Waals surface area contributed by atoms with Gasteiger partial charge in [-0.15, -0.1) is 0 Å². The van der Waals surface area contributed by atoms with Gasteiger partial charge in [0.15, 0.2) is 5.82 Å². The topological polar surface area (TPSA) is 80.3 Å². The molecule has 9 heteroatoms. The number of aryl methyl sites for hydroxylation is 1. The van der Waals surface area contributed by atoms with Gasteiger partial charge in [-0.2, -0.15) is 18.3 Å². The van der Waals surface area contributed by atoms with Crippen molar-refractivity contribution in [2.75, 3.05) is 5.32 Å². The summed E-state index contributed by atoms with van der Waals surface area (Å²) in [5, 5.41) is 9.45. The van der Waals surface area contributed by atoms with Crippen molar-refractivity contribution in [2.24, 2.45) is 10.7 Å². The predicted molar refractivity (Wildman–Crippen MR) is 73.4 cm³/mol. The van der Waals surface area contributed by atoms with E-state index in [1.807, 2.05) is 6.92 Å². The Morgan fingerprint density at radius 3 is 2.67 bits per heavy atom. The molecule has 1 aliphatic heterocycles. The number of nitrogens with one attached hydrogen (secondary N) is 2. The Morgan fingerprint density at radius 1 is 1.43 bits per heavy atom. The number of nitrogens with two attached hydrogens (primary N) is 1. The van der Waals surface area contributed by atoms with Crippen LogP contribution in [0.2, 0.25) is 0 Å². The summed E-state index contributed by atoms with van der Waals surface area (Å²) in [5.41, 5.74) is 3.08. The highest BCUT2D eigenvalue weighted by atomic mass is 19.4. The zero-order chi connectivity index (χ0) is 15.7. The lowest BCUT2D eigenvalue weighted by atomic mass is 9.97. The number of rotatable bonds is 3. The molecule has 116 valence electrons. The fourth-order valence-corrected chi connectivity index (χ4v) is 1.94. The average Bonchev–Trinajstić information content (AvgIpc) is 2.85. The second-order valence-corrected chi connectivity index (χ2v) is 4.62. The van der Waals surface area contributed by atoms with Gasteiger partial charge in [-0.05, 0) is 13.3 Å². The van der Waals surface area contributed by atoms with Crippen molar-refractivity contribution in [1.82, 2.24) is 15.1 Å². The summed E-state index contributed by atoms with van der Waals surface area (Å²) in [4.78, 5) is 3.95. The number of alkyl halides is 3. The molecule has 0 fully saturated rings. The number of halogens is 3. The van der Waals surface area contributed by atoms with E-state index < -0.39 is 17.4 Å². The van der Waals surface area contributed by atoms with Crippen LogP contribution < -0.4 is 16.4 Å². The Kier molecular flexibility index (Phi) is 3.95. The molecule has 0 bridgehead atoms. The Hall–Kier alpha value is -2.03. The first-order chi connectivity index (χ1) is 9.78. The van der Waals surface area contributed by atoms with E-state index in [-0.39, 0.29) is 12.4 Å². The SMILES string of the molecule is CCn1ccc(NC2=NC(N)(CC)C(C(F)(F)F)=CN2)n1. The molecule has 0 amide bonds. The van der Waals surface area contributed by atoms with Crippen LogP contribution in [0.1, 0.15) is 20.3 Å². The molecule has 6 nitrogen and oxygen atoms in total. The van der Waals surface area contributed by atoms with Crippen LogP contribution in [0.4, 0.5) is 19.0 Å². The fourth-order valence-electron chi connectivity index (χ4n) is 1.94. The van der Waals surface area contributed by atoms with E-state index in [1.54, 1.807) is 23.9 Å². The van der Waals surface area contributed by atoms with Gasteiger partial charge in [-0.25, -0.2) is 4.99 Å². The normalized spacial score (nSPS) is 22.4. The van der Waals surface area contributed by atoms with Crippen molar-refractivity contribution < 1.29 is 13.2 Å². The Bertz CT molecular complexity index is 574. The molecule has 0 saturated carbocycles. The van der Waals surface area contributed by atoms with Gasteiger partial charge in [0.1, 0.15) is 5.66 Å². The maximum absolute atomic E-state index is 12.9. The summed E-state index contributed by atoms with van der Waals surface area (Å²) < 4.78 is 40.5. The molecule has 1 unspecified atom stereocenters. The first kappa shape index (κ1) is 15.4. The molecule has 2 heterocycles. The largest absolute Gasteiger partial charge is 0.417 e.